The molecule has 3 aromatic rings. The number of carbonyl (C=O) groups is 2. The topological polar surface area (TPSA) is 116 Å². The zero-order valence-corrected chi connectivity index (χ0v) is 15.3. The van der Waals surface area contributed by atoms with E-state index in [2.05, 4.69) is 10.3 Å². The van der Waals surface area contributed by atoms with Crippen molar-refractivity contribution >= 4 is 38.8 Å². The molecule has 0 radical (unpaired) electrons. The lowest BCUT2D eigenvalue weighted by Crippen LogP contribution is -2.23. The van der Waals surface area contributed by atoms with Crippen molar-refractivity contribution in [2.24, 2.45) is 0 Å². The highest BCUT2D eigenvalue weighted by atomic mass is 32.2. The average molecular weight is 386 g/mol. The largest absolute Gasteiger partial charge is 0.483 e. The molecule has 8 heteroatoms. The van der Waals surface area contributed by atoms with Gasteiger partial charge in [0.2, 0.25) is 5.91 Å². The van der Waals surface area contributed by atoms with E-state index in [0.29, 0.717) is 6.42 Å². The number of rotatable bonds is 2. The van der Waals surface area contributed by atoms with Crippen molar-refractivity contribution in [1.82, 2.24) is 4.98 Å². The van der Waals surface area contributed by atoms with Gasteiger partial charge in [0, 0.05) is 35.2 Å². The summed E-state index contributed by atoms with van der Waals surface area (Å²) >= 11 is 0. The Labute approximate surface area is 155 Å². The van der Waals surface area contributed by atoms with E-state index in [9.17, 15) is 13.2 Å². The minimum atomic E-state index is -3.23. The molecule has 0 spiro atoms. The fourth-order valence-electron chi connectivity index (χ4n) is 3.27. The summed E-state index contributed by atoms with van der Waals surface area (Å²) < 4.78 is 23.2. The van der Waals surface area contributed by atoms with Crippen LogP contribution in [0.25, 0.3) is 10.9 Å². The van der Waals surface area contributed by atoms with Crippen molar-refractivity contribution in [3.8, 4) is 0 Å². The predicted octanol–water partition coefficient (Wildman–Crippen LogP) is 2.75. The van der Waals surface area contributed by atoms with Gasteiger partial charge in [-0.3, -0.25) is 9.59 Å². The number of nitrogens with one attached hydrogen (secondary N) is 2. The molecule has 140 valence electrons. The maximum Gasteiger partial charge on any atom is 0.290 e. The monoisotopic (exact) mass is 386 g/mol. The molecule has 1 amide bonds. The van der Waals surface area contributed by atoms with E-state index in [1.807, 2.05) is 24.3 Å². The molecule has 0 bridgehead atoms. The van der Waals surface area contributed by atoms with Crippen LogP contribution in [-0.2, 0) is 19.4 Å². The minimum absolute atomic E-state index is 0.0376. The summed E-state index contributed by atoms with van der Waals surface area (Å²) in [5, 5.41) is 10.8. The molecule has 2 heterocycles. The molecule has 0 fully saturated rings. The molecule has 4 rings (SSSR count). The molecule has 0 saturated carbocycles. The molecule has 1 aliphatic rings. The molecular weight excluding hydrogens is 368 g/mol. The van der Waals surface area contributed by atoms with Gasteiger partial charge >= 0.3 is 0 Å². The van der Waals surface area contributed by atoms with Crippen LogP contribution in [0.2, 0.25) is 0 Å². The van der Waals surface area contributed by atoms with Gasteiger partial charge in [-0.1, -0.05) is 30.3 Å². The van der Waals surface area contributed by atoms with Crippen molar-refractivity contribution in [3.05, 3.63) is 59.8 Å². The lowest BCUT2D eigenvalue weighted by atomic mass is 9.89. The number of anilines is 1. The Morgan fingerprint density at radius 1 is 1.11 bits per heavy atom. The van der Waals surface area contributed by atoms with Crippen molar-refractivity contribution in [1.29, 1.82) is 0 Å². The first-order chi connectivity index (χ1) is 12.8. The Morgan fingerprint density at radius 3 is 2.37 bits per heavy atom. The third-order valence-corrected chi connectivity index (χ3v) is 5.58. The number of carbonyl (C=O) groups excluding carboxylic acids is 1. The van der Waals surface area contributed by atoms with Gasteiger partial charge in [-0.15, -0.1) is 0 Å². The van der Waals surface area contributed by atoms with Crippen LogP contribution in [0, 0.1) is 0 Å². The zero-order chi connectivity index (χ0) is 19.6. The Hall–Kier alpha value is -3.13. The summed E-state index contributed by atoms with van der Waals surface area (Å²) in [5.41, 5.74) is 3.68. The van der Waals surface area contributed by atoms with E-state index < -0.39 is 9.84 Å². The first kappa shape index (κ1) is 18.7. The van der Waals surface area contributed by atoms with Crippen LogP contribution in [-0.4, -0.2) is 37.1 Å². The highest BCUT2D eigenvalue weighted by Gasteiger charge is 2.29. The lowest BCUT2D eigenvalue weighted by Gasteiger charge is -2.23. The SMILES string of the molecule is CS(=O)(=O)c1ccc(C2CC(=O)Nc3c2[nH]c2ccccc32)cc1.O=CO. The van der Waals surface area contributed by atoms with E-state index in [1.54, 1.807) is 24.3 Å². The van der Waals surface area contributed by atoms with Crippen LogP contribution >= 0.6 is 0 Å². The molecule has 27 heavy (non-hydrogen) atoms. The van der Waals surface area contributed by atoms with Gasteiger partial charge in [-0.25, -0.2) is 8.42 Å². The standard InChI is InChI=1S/C18H16N2O3S.CH2O2/c1-24(22,23)12-8-6-11(7-9-12)14-10-16(21)20-17-13-4-2-3-5-15(13)19-18(14)17;2-1-3/h2-9,14,19H,10H2,1H3,(H,20,21);1H,(H,2,3). The summed E-state index contributed by atoms with van der Waals surface area (Å²) in [6, 6.07) is 14.6. The number of benzene rings is 2. The molecule has 1 aromatic heterocycles. The molecule has 2 aromatic carbocycles. The van der Waals surface area contributed by atoms with E-state index in [4.69, 9.17) is 9.90 Å². The van der Waals surface area contributed by atoms with Crippen LogP contribution in [0.3, 0.4) is 0 Å². The fraction of sp³-hybridized carbons (Fsp3) is 0.158. The molecule has 0 saturated heterocycles. The summed E-state index contributed by atoms with van der Waals surface area (Å²) in [5.74, 6) is -0.154. The lowest BCUT2D eigenvalue weighted by molar-refractivity contribution is -0.123. The Morgan fingerprint density at radius 2 is 1.74 bits per heavy atom. The highest BCUT2D eigenvalue weighted by molar-refractivity contribution is 7.90. The van der Waals surface area contributed by atoms with Crippen molar-refractivity contribution < 1.29 is 23.1 Å². The molecule has 1 unspecified atom stereocenters. The van der Waals surface area contributed by atoms with Gasteiger partial charge in [0.05, 0.1) is 10.6 Å². The van der Waals surface area contributed by atoms with E-state index >= 15 is 0 Å². The number of amides is 1. The third-order valence-electron chi connectivity index (χ3n) is 4.45. The van der Waals surface area contributed by atoms with Crippen LogP contribution in [0.5, 0.6) is 0 Å². The number of H-pyrrole nitrogens is 1. The first-order valence-corrected chi connectivity index (χ1v) is 10.0. The first-order valence-electron chi connectivity index (χ1n) is 8.13. The number of aromatic nitrogens is 1. The number of aromatic amines is 1. The molecule has 7 nitrogen and oxygen atoms in total. The molecule has 1 atom stereocenters. The number of carboxylic acid groups (broad SMARTS) is 1. The van der Waals surface area contributed by atoms with Gasteiger partial charge in [0.1, 0.15) is 0 Å². The van der Waals surface area contributed by atoms with Crippen molar-refractivity contribution in [2.45, 2.75) is 17.2 Å². The Kier molecular flexibility index (Phi) is 5.00. The third kappa shape index (κ3) is 3.70. The maximum atomic E-state index is 12.2. The van der Waals surface area contributed by atoms with Crippen molar-refractivity contribution in [3.63, 3.8) is 0 Å². The smallest absolute Gasteiger partial charge is 0.290 e. The summed E-state index contributed by atoms with van der Waals surface area (Å²) in [4.78, 5) is 24.2. The van der Waals surface area contributed by atoms with Gasteiger partial charge in [0.25, 0.3) is 6.47 Å². The second-order valence-electron chi connectivity index (χ2n) is 6.21. The number of sulfone groups is 1. The van der Waals surface area contributed by atoms with Crippen LogP contribution in [0.1, 0.15) is 23.6 Å². The maximum absolute atomic E-state index is 12.2. The van der Waals surface area contributed by atoms with E-state index in [-0.39, 0.29) is 23.2 Å². The molecule has 1 aliphatic heterocycles. The molecule has 3 N–H and O–H groups in total. The van der Waals surface area contributed by atoms with Crippen LogP contribution in [0.4, 0.5) is 5.69 Å². The van der Waals surface area contributed by atoms with Gasteiger partial charge in [-0.2, -0.15) is 0 Å². The number of hydrogen-bond acceptors (Lipinski definition) is 4. The quantitative estimate of drug-likeness (QED) is 0.586. The second kappa shape index (κ2) is 7.24. The number of hydrogen-bond donors (Lipinski definition) is 3. The predicted molar refractivity (Wildman–Crippen MR) is 102 cm³/mol. The average Bonchev–Trinajstić information content (AvgIpc) is 3.00. The fourth-order valence-corrected chi connectivity index (χ4v) is 3.90. The second-order valence-corrected chi connectivity index (χ2v) is 8.23. The molecule has 0 aliphatic carbocycles. The van der Waals surface area contributed by atoms with Crippen LogP contribution < -0.4 is 5.32 Å². The van der Waals surface area contributed by atoms with Crippen molar-refractivity contribution in [2.75, 3.05) is 11.6 Å². The minimum Gasteiger partial charge on any atom is -0.483 e. The summed E-state index contributed by atoms with van der Waals surface area (Å²) in [6.45, 7) is -0.250. The van der Waals surface area contributed by atoms with Gasteiger partial charge < -0.3 is 15.4 Å². The number of fused-ring (bicyclic) bond motifs is 3. The van der Waals surface area contributed by atoms with Gasteiger partial charge in [0.15, 0.2) is 9.84 Å². The summed E-state index contributed by atoms with van der Waals surface area (Å²) in [6.07, 6.45) is 1.52. The Balaban J connectivity index is 0.000000659. The summed E-state index contributed by atoms with van der Waals surface area (Å²) in [7, 11) is -3.23. The van der Waals surface area contributed by atoms with Gasteiger partial charge in [-0.05, 0) is 23.8 Å². The number of para-hydroxylation sites is 1. The van der Waals surface area contributed by atoms with Crippen LogP contribution in [0.15, 0.2) is 53.4 Å². The normalized spacial score (nSPS) is 16.0. The zero-order valence-electron chi connectivity index (χ0n) is 14.5. The molecular formula is C19H18N2O5S. The highest BCUT2D eigenvalue weighted by Crippen LogP contribution is 2.40. The Bertz CT molecular complexity index is 1100. The van der Waals surface area contributed by atoms with E-state index in [0.717, 1.165) is 27.8 Å². The van der Waals surface area contributed by atoms with E-state index in [1.165, 1.54) is 6.26 Å².